The summed E-state index contributed by atoms with van der Waals surface area (Å²) in [5.74, 6) is 0. The van der Waals surface area contributed by atoms with Crippen LogP contribution in [0.25, 0.3) is 0 Å². The van der Waals surface area contributed by atoms with E-state index >= 15 is 0 Å². The third-order valence-electron chi connectivity index (χ3n) is 0.398. The molecule has 0 saturated heterocycles. The molecule has 0 fully saturated rings. The Hall–Kier alpha value is 0.920. The van der Waals surface area contributed by atoms with Gasteiger partial charge in [0.1, 0.15) is 0 Å². The molecule has 0 unspecified atom stereocenters. The topological polar surface area (TPSA) is 9.23 Å². The normalized spacial score (nSPS) is 12.0. The molecular weight excluding hydrogens is 224 g/mol. The minimum atomic E-state index is -0.325. The Kier molecular flexibility index (Phi) is 3.45. The fraction of sp³-hybridized carbons (Fsp3) is 1.00. The zero-order valence-corrected chi connectivity index (χ0v) is 7.54. The summed E-state index contributed by atoms with van der Waals surface area (Å²) < 4.78 is 4.74. The van der Waals surface area contributed by atoms with Crippen LogP contribution in [-0.2, 0) is 4.74 Å². The number of ether oxygens (including phenoxy) is 1. The highest BCUT2D eigenvalue weighted by Crippen LogP contribution is 2.25. The first-order valence-electron chi connectivity index (χ1n) is 2.08. The van der Waals surface area contributed by atoms with E-state index in [1.54, 1.807) is 0 Å². The summed E-state index contributed by atoms with van der Waals surface area (Å²) in [7, 11) is 0. The third-order valence-corrected chi connectivity index (χ3v) is 0.856. The maximum Gasteiger partial charge on any atom is 0.174 e. The summed E-state index contributed by atoms with van der Waals surface area (Å²) >= 11 is 6.47. The SMILES string of the molecule is CCOC(C)(Br)Br. The lowest BCUT2D eigenvalue weighted by Crippen LogP contribution is -2.09. The molecule has 0 amide bonds. The Balaban J connectivity index is 3.15. The first-order chi connectivity index (χ1) is 3.06. The minimum absolute atomic E-state index is 0.325. The van der Waals surface area contributed by atoms with E-state index in [-0.39, 0.29) is 3.42 Å². The second kappa shape index (κ2) is 3.05. The van der Waals surface area contributed by atoms with Gasteiger partial charge in [-0.1, -0.05) is 0 Å². The van der Waals surface area contributed by atoms with Crippen molar-refractivity contribution < 1.29 is 4.74 Å². The summed E-state index contributed by atoms with van der Waals surface area (Å²) in [5.41, 5.74) is 0. The van der Waals surface area contributed by atoms with Crippen molar-refractivity contribution in [1.82, 2.24) is 0 Å². The molecule has 0 radical (unpaired) electrons. The Morgan fingerprint density at radius 2 is 2.00 bits per heavy atom. The van der Waals surface area contributed by atoms with Gasteiger partial charge in [-0.25, -0.2) is 0 Å². The van der Waals surface area contributed by atoms with Crippen molar-refractivity contribution in [3.8, 4) is 0 Å². The highest BCUT2D eigenvalue weighted by Gasteiger charge is 2.12. The summed E-state index contributed by atoms with van der Waals surface area (Å²) in [6.07, 6.45) is 0. The molecule has 44 valence electrons. The van der Waals surface area contributed by atoms with Crippen LogP contribution in [0.2, 0.25) is 0 Å². The van der Waals surface area contributed by atoms with E-state index in [0.717, 1.165) is 0 Å². The molecule has 0 heterocycles. The van der Waals surface area contributed by atoms with Gasteiger partial charge in [-0.15, -0.1) is 0 Å². The molecule has 1 nitrogen and oxygen atoms in total. The van der Waals surface area contributed by atoms with Crippen LogP contribution in [0, 0.1) is 0 Å². The predicted octanol–water partition coefficient (Wildman–Crippen LogP) is 2.49. The maximum absolute atomic E-state index is 5.06. The van der Waals surface area contributed by atoms with Gasteiger partial charge >= 0.3 is 0 Å². The molecule has 0 spiro atoms. The van der Waals surface area contributed by atoms with Crippen molar-refractivity contribution in [2.45, 2.75) is 17.3 Å². The van der Waals surface area contributed by atoms with Crippen LogP contribution in [0.15, 0.2) is 0 Å². The van der Waals surface area contributed by atoms with E-state index < -0.39 is 0 Å². The van der Waals surface area contributed by atoms with Crippen molar-refractivity contribution in [2.24, 2.45) is 0 Å². The van der Waals surface area contributed by atoms with Gasteiger partial charge in [-0.3, -0.25) is 0 Å². The van der Waals surface area contributed by atoms with E-state index in [2.05, 4.69) is 31.9 Å². The lowest BCUT2D eigenvalue weighted by atomic mass is 10.8. The summed E-state index contributed by atoms with van der Waals surface area (Å²) in [5, 5.41) is 0. The second-order valence-electron chi connectivity index (χ2n) is 1.24. The first kappa shape index (κ1) is 7.92. The van der Waals surface area contributed by atoms with E-state index in [4.69, 9.17) is 4.74 Å². The lowest BCUT2D eigenvalue weighted by Gasteiger charge is -2.12. The average molecular weight is 232 g/mol. The predicted molar refractivity (Wildman–Crippen MR) is 37.9 cm³/mol. The second-order valence-corrected chi connectivity index (χ2v) is 5.33. The molecule has 7 heavy (non-hydrogen) atoms. The standard InChI is InChI=1S/C4H8Br2O/c1-3-7-4(2,5)6/h3H2,1-2H3. The summed E-state index contributed by atoms with van der Waals surface area (Å²) in [6.45, 7) is 4.55. The van der Waals surface area contributed by atoms with Gasteiger partial charge < -0.3 is 4.74 Å². The van der Waals surface area contributed by atoms with Gasteiger partial charge in [0.05, 0.1) is 0 Å². The highest BCUT2D eigenvalue weighted by molar-refractivity contribution is 9.25. The summed E-state index contributed by atoms with van der Waals surface area (Å²) in [6, 6.07) is 0. The van der Waals surface area contributed by atoms with Crippen molar-refractivity contribution in [3.05, 3.63) is 0 Å². The van der Waals surface area contributed by atoms with Crippen LogP contribution in [-0.4, -0.2) is 10.0 Å². The largest absolute Gasteiger partial charge is 0.354 e. The number of halogens is 2. The number of hydrogen-bond acceptors (Lipinski definition) is 1. The molecule has 0 aromatic rings. The number of hydrogen-bond donors (Lipinski definition) is 0. The molecule has 0 bridgehead atoms. The van der Waals surface area contributed by atoms with Crippen LogP contribution in [0.3, 0.4) is 0 Å². The van der Waals surface area contributed by atoms with Crippen molar-refractivity contribution >= 4 is 31.9 Å². The lowest BCUT2D eigenvalue weighted by molar-refractivity contribution is 0.123. The van der Waals surface area contributed by atoms with Gasteiger partial charge in [-0.2, -0.15) is 0 Å². The monoisotopic (exact) mass is 230 g/mol. The minimum Gasteiger partial charge on any atom is -0.354 e. The van der Waals surface area contributed by atoms with Gasteiger partial charge in [0, 0.05) is 6.61 Å². The Labute approximate surface area is 60.7 Å². The fourth-order valence-electron chi connectivity index (χ4n) is 0.253. The van der Waals surface area contributed by atoms with E-state index in [0.29, 0.717) is 6.61 Å². The average Bonchev–Trinajstić information content (AvgIpc) is 1.30. The molecule has 0 rings (SSSR count). The van der Waals surface area contributed by atoms with Gasteiger partial charge in [0.25, 0.3) is 0 Å². The Morgan fingerprint density at radius 1 is 1.57 bits per heavy atom. The number of rotatable bonds is 2. The molecule has 0 aliphatic rings. The van der Waals surface area contributed by atoms with Crippen LogP contribution in [0.4, 0.5) is 0 Å². The third kappa shape index (κ3) is 6.92. The van der Waals surface area contributed by atoms with Gasteiger partial charge in [0.15, 0.2) is 3.42 Å². The maximum atomic E-state index is 5.06. The highest BCUT2D eigenvalue weighted by atomic mass is 79.9. The first-order valence-corrected chi connectivity index (χ1v) is 3.66. The van der Waals surface area contributed by atoms with Crippen LogP contribution in [0.1, 0.15) is 13.8 Å². The van der Waals surface area contributed by atoms with Crippen molar-refractivity contribution in [3.63, 3.8) is 0 Å². The van der Waals surface area contributed by atoms with Crippen molar-refractivity contribution in [2.75, 3.05) is 6.61 Å². The summed E-state index contributed by atoms with van der Waals surface area (Å²) in [4.78, 5) is 0. The molecule has 0 aromatic carbocycles. The van der Waals surface area contributed by atoms with Crippen LogP contribution in [0.5, 0.6) is 0 Å². The van der Waals surface area contributed by atoms with Crippen LogP contribution < -0.4 is 0 Å². The van der Waals surface area contributed by atoms with Crippen LogP contribution >= 0.6 is 31.9 Å². The zero-order valence-electron chi connectivity index (χ0n) is 4.37. The number of alkyl halides is 2. The van der Waals surface area contributed by atoms with E-state index in [9.17, 15) is 0 Å². The molecule has 0 aliphatic carbocycles. The molecule has 0 saturated carbocycles. The van der Waals surface area contributed by atoms with Gasteiger partial charge in [0.2, 0.25) is 0 Å². The zero-order chi connectivity index (χ0) is 5.91. The van der Waals surface area contributed by atoms with E-state index in [1.807, 2.05) is 13.8 Å². The molecule has 0 atom stereocenters. The smallest absolute Gasteiger partial charge is 0.174 e. The Bertz CT molecular complexity index is 48.1. The molecule has 0 aliphatic heterocycles. The fourth-order valence-corrected chi connectivity index (χ4v) is 0.711. The quantitative estimate of drug-likeness (QED) is 0.664. The Morgan fingerprint density at radius 3 is 2.00 bits per heavy atom. The van der Waals surface area contributed by atoms with E-state index in [1.165, 1.54) is 0 Å². The van der Waals surface area contributed by atoms with Crippen molar-refractivity contribution in [1.29, 1.82) is 0 Å². The van der Waals surface area contributed by atoms with Gasteiger partial charge in [-0.05, 0) is 45.7 Å². The molecule has 0 N–H and O–H groups in total. The molecular formula is C4H8Br2O. The molecule has 0 aromatic heterocycles. The molecule has 3 heteroatoms.